The lowest BCUT2D eigenvalue weighted by molar-refractivity contribution is 0.408. The molecule has 0 bridgehead atoms. The van der Waals surface area contributed by atoms with Gasteiger partial charge in [0, 0.05) is 22.2 Å². The maximum atomic E-state index is 12.9. The highest BCUT2D eigenvalue weighted by atomic mass is 32.2. The van der Waals surface area contributed by atoms with E-state index < -0.39 is 0 Å². The fraction of sp³-hybridized carbons (Fsp3) is 0.600. The summed E-state index contributed by atoms with van der Waals surface area (Å²) >= 11 is 1.82. The molecule has 1 unspecified atom stereocenters. The number of halogens is 1. The standard InChI is InChI=1S/C15H24FNS/c1-11(2)14(10-17-15(3,4)5)18-13-8-6-12(16)7-9-13/h6-9,11,14,17H,10H2,1-5H3. The monoisotopic (exact) mass is 269 g/mol. The first-order valence-corrected chi connectivity index (χ1v) is 7.33. The van der Waals surface area contributed by atoms with Crippen molar-refractivity contribution >= 4 is 11.8 Å². The molecule has 0 amide bonds. The van der Waals surface area contributed by atoms with Gasteiger partial charge in [-0.05, 0) is 51.0 Å². The number of benzene rings is 1. The summed E-state index contributed by atoms with van der Waals surface area (Å²) < 4.78 is 12.9. The van der Waals surface area contributed by atoms with Gasteiger partial charge in [0.2, 0.25) is 0 Å². The van der Waals surface area contributed by atoms with E-state index in [0.29, 0.717) is 11.2 Å². The Morgan fingerprint density at radius 2 is 1.72 bits per heavy atom. The average molecular weight is 269 g/mol. The number of rotatable bonds is 5. The largest absolute Gasteiger partial charge is 0.311 e. The molecule has 0 saturated carbocycles. The molecule has 0 heterocycles. The summed E-state index contributed by atoms with van der Waals surface area (Å²) in [6.45, 7) is 11.9. The molecule has 1 aromatic rings. The number of hydrogen-bond acceptors (Lipinski definition) is 2. The first-order valence-electron chi connectivity index (χ1n) is 6.45. The third-order valence-electron chi connectivity index (χ3n) is 2.68. The quantitative estimate of drug-likeness (QED) is 0.798. The van der Waals surface area contributed by atoms with E-state index in [2.05, 4.69) is 39.9 Å². The number of nitrogens with one attached hydrogen (secondary N) is 1. The lowest BCUT2D eigenvalue weighted by Gasteiger charge is -2.27. The number of thioether (sulfide) groups is 1. The van der Waals surface area contributed by atoms with Crippen LogP contribution < -0.4 is 5.32 Å². The van der Waals surface area contributed by atoms with Gasteiger partial charge in [-0.15, -0.1) is 11.8 Å². The van der Waals surface area contributed by atoms with E-state index in [1.165, 1.54) is 12.1 Å². The van der Waals surface area contributed by atoms with E-state index in [0.717, 1.165) is 11.4 Å². The zero-order chi connectivity index (χ0) is 13.8. The van der Waals surface area contributed by atoms with Gasteiger partial charge in [0.05, 0.1) is 0 Å². The molecule has 18 heavy (non-hydrogen) atoms. The van der Waals surface area contributed by atoms with Crippen LogP contribution in [0.5, 0.6) is 0 Å². The zero-order valence-corrected chi connectivity index (χ0v) is 12.8. The Morgan fingerprint density at radius 1 is 1.17 bits per heavy atom. The molecule has 0 radical (unpaired) electrons. The molecule has 0 spiro atoms. The van der Waals surface area contributed by atoms with Crippen molar-refractivity contribution in [2.75, 3.05) is 6.54 Å². The predicted octanol–water partition coefficient (Wildman–Crippen LogP) is 4.33. The summed E-state index contributed by atoms with van der Waals surface area (Å²) in [6, 6.07) is 6.76. The van der Waals surface area contributed by atoms with Crippen LogP contribution in [0, 0.1) is 11.7 Å². The first-order chi connectivity index (χ1) is 8.28. The Labute approximate surface area is 115 Å². The summed E-state index contributed by atoms with van der Waals surface area (Å²) in [5, 5.41) is 4.04. The average Bonchev–Trinajstić information content (AvgIpc) is 2.25. The van der Waals surface area contributed by atoms with Gasteiger partial charge < -0.3 is 5.32 Å². The lowest BCUT2D eigenvalue weighted by atomic mass is 10.1. The van der Waals surface area contributed by atoms with Gasteiger partial charge >= 0.3 is 0 Å². The van der Waals surface area contributed by atoms with E-state index in [-0.39, 0.29) is 11.4 Å². The highest BCUT2D eigenvalue weighted by molar-refractivity contribution is 8.00. The van der Waals surface area contributed by atoms with Crippen LogP contribution in [-0.4, -0.2) is 17.3 Å². The normalized spacial score (nSPS) is 13.9. The molecule has 0 aromatic heterocycles. The fourth-order valence-corrected chi connectivity index (χ4v) is 2.59. The Hall–Kier alpha value is -0.540. The molecule has 3 heteroatoms. The SMILES string of the molecule is CC(C)C(CNC(C)(C)C)Sc1ccc(F)cc1. The van der Waals surface area contributed by atoms with Gasteiger partial charge in [0.15, 0.2) is 0 Å². The molecule has 0 aliphatic rings. The van der Waals surface area contributed by atoms with Crippen molar-refractivity contribution in [1.29, 1.82) is 0 Å². The Bertz CT molecular complexity index is 354. The van der Waals surface area contributed by atoms with E-state index in [4.69, 9.17) is 0 Å². The summed E-state index contributed by atoms with van der Waals surface area (Å²) in [4.78, 5) is 1.13. The van der Waals surface area contributed by atoms with Gasteiger partial charge in [0.25, 0.3) is 0 Å². The Balaban J connectivity index is 2.60. The third kappa shape index (κ3) is 5.87. The highest BCUT2D eigenvalue weighted by Gasteiger charge is 2.18. The second kappa shape index (κ2) is 6.58. The third-order valence-corrected chi connectivity index (χ3v) is 4.24. The van der Waals surface area contributed by atoms with Crippen LogP contribution in [0.25, 0.3) is 0 Å². The fourth-order valence-electron chi connectivity index (χ4n) is 1.51. The molecule has 1 atom stereocenters. The smallest absolute Gasteiger partial charge is 0.123 e. The summed E-state index contributed by atoms with van der Waals surface area (Å²) in [6.07, 6.45) is 0. The molecule has 1 rings (SSSR count). The molecule has 1 N–H and O–H groups in total. The summed E-state index contributed by atoms with van der Waals surface area (Å²) in [5.74, 6) is 0.406. The molecule has 0 aliphatic heterocycles. The van der Waals surface area contributed by atoms with Crippen LogP contribution in [-0.2, 0) is 0 Å². The van der Waals surface area contributed by atoms with Crippen molar-refractivity contribution in [2.45, 2.75) is 50.3 Å². The van der Waals surface area contributed by atoms with Crippen LogP contribution in [0.2, 0.25) is 0 Å². The van der Waals surface area contributed by atoms with E-state index in [1.807, 2.05) is 23.9 Å². The Morgan fingerprint density at radius 3 is 2.17 bits per heavy atom. The lowest BCUT2D eigenvalue weighted by Crippen LogP contribution is -2.41. The Kier molecular flexibility index (Phi) is 5.67. The second-order valence-electron chi connectivity index (χ2n) is 5.99. The van der Waals surface area contributed by atoms with Crippen LogP contribution in [0.1, 0.15) is 34.6 Å². The van der Waals surface area contributed by atoms with Crippen molar-refractivity contribution in [3.8, 4) is 0 Å². The molecule has 0 saturated heterocycles. The zero-order valence-electron chi connectivity index (χ0n) is 12.0. The minimum Gasteiger partial charge on any atom is -0.311 e. The van der Waals surface area contributed by atoms with Gasteiger partial charge in [-0.1, -0.05) is 13.8 Å². The molecule has 102 valence electrons. The van der Waals surface area contributed by atoms with Crippen molar-refractivity contribution in [2.24, 2.45) is 5.92 Å². The first kappa shape index (κ1) is 15.5. The van der Waals surface area contributed by atoms with E-state index >= 15 is 0 Å². The molecule has 1 nitrogen and oxygen atoms in total. The van der Waals surface area contributed by atoms with E-state index in [1.54, 1.807) is 0 Å². The van der Waals surface area contributed by atoms with Crippen molar-refractivity contribution in [3.63, 3.8) is 0 Å². The van der Waals surface area contributed by atoms with Crippen molar-refractivity contribution in [3.05, 3.63) is 30.1 Å². The van der Waals surface area contributed by atoms with Gasteiger partial charge in [-0.2, -0.15) is 0 Å². The van der Waals surface area contributed by atoms with Gasteiger partial charge in [-0.25, -0.2) is 4.39 Å². The van der Waals surface area contributed by atoms with Gasteiger partial charge in [-0.3, -0.25) is 0 Å². The summed E-state index contributed by atoms with van der Waals surface area (Å²) in [7, 11) is 0. The van der Waals surface area contributed by atoms with Crippen LogP contribution >= 0.6 is 11.8 Å². The van der Waals surface area contributed by atoms with Crippen LogP contribution in [0.3, 0.4) is 0 Å². The highest BCUT2D eigenvalue weighted by Crippen LogP contribution is 2.28. The molecule has 0 fully saturated rings. The second-order valence-corrected chi connectivity index (χ2v) is 7.30. The number of hydrogen-bond donors (Lipinski definition) is 1. The van der Waals surface area contributed by atoms with Crippen LogP contribution in [0.4, 0.5) is 4.39 Å². The summed E-state index contributed by atoms with van der Waals surface area (Å²) in [5.41, 5.74) is 0.135. The van der Waals surface area contributed by atoms with Crippen molar-refractivity contribution < 1.29 is 4.39 Å². The minimum absolute atomic E-state index is 0.135. The maximum Gasteiger partial charge on any atom is 0.123 e. The molecular formula is C15H24FNS. The minimum atomic E-state index is -0.173. The topological polar surface area (TPSA) is 12.0 Å². The molecule has 1 aromatic carbocycles. The maximum absolute atomic E-state index is 12.9. The predicted molar refractivity (Wildman–Crippen MR) is 78.6 cm³/mol. The van der Waals surface area contributed by atoms with Gasteiger partial charge in [0.1, 0.15) is 5.82 Å². The van der Waals surface area contributed by atoms with Crippen LogP contribution in [0.15, 0.2) is 29.2 Å². The molecular weight excluding hydrogens is 245 g/mol. The molecule has 0 aliphatic carbocycles. The van der Waals surface area contributed by atoms with E-state index in [9.17, 15) is 4.39 Å². The van der Waals surface area contributed by atoms with Crippen molar-refractivity contribution in [1.82, 2.24) is 5.32 Å².